The Labute approximate surface area is 175 Å². The van der Waals surface area contributed by atoms with E-state index in [9.17, 15) is 14.0 Å². The zero-order valence-corrected chi connectivity index (χ0v) is 16.2. The molecular formula is C22H17FN6O2. The predicted molar refractivity (Wildman–Crippen MR) is 112 cm³/mol. The highest BCUT2D eigenvalue weighted by molar-refractivity contribution is 5.94. The minimum absolute atomic E-state index is 0.0310. The van der Waals surface area contributed by atoms with E-state index < -0.39 is 0 Å². The molecule has 9 heteroatoms. The Hall–Kier alpha value is -4.14. The maximum Gasteiger partial charge on any atom is 0.264 e. The number of carbonyl (C=O) groups excluding carboxylic acids is 1. The number of rotatable bonds is 5. The summed E-state index contributed by atoms with van der Waals surface area (Å²) < 4.78 is 15.0. The van der Waals surface area contributed by atoms with Gasteiger partial charge in [0.05, 0.1) is 0 Å². The Morgan fingerprint density at radius 2 is 1.90 bits per heavy atom. The molecule has 1 amide bonds. The van der Waals surface area contributed by atoms with Gasteiger partial charge in [-0.15, -0.1) is 0 Å². The van der Waals surface area contributed by atoms with Crippen molar-refractivity contribution < 1.29 is 9.18 Å². The van der Waals surface area contributed by atoms with Crippen molar-refractivity contribution >= 4 is 11.7 Å². The number of halogens is 1. The molecule has 2 N–H and O–H groups in total. The van der Waals surface area contributed by atoms with E-state index in [1.807, 2.05) is 0 Å². The van der Waals surface area contributed by atoms with Crippen molar-refractivity contribution in [2.45, 2.75) is 12.8 Å². The number of anilines is 1. The van der Waals surface area contributed by atoms with E-state index in [1.165, 1.54) is 22.9 Å². The fraction of sp³-hybridized carbons (Fsp3) is 0.136. The van der Waals surface area contributed by atoms with Gasteiger partial charge in [0.25, 0.3) is 5.56 Å². The largest absolute Gasteiger partial charge is 0.310 e. The molecule has 8 nitrogen and oxygen atoms in total. The molecule has 0 spiro atoms. The van der Waals surface area contributed by atoms with Gasteiger partial charge >= 0.3 is 0 Å². The lowest BCUT2D eigenvalue weighted by Crippen LogP contribution is -2.14. The standard InChI is InChI=1S/C22H17FN6O2/c23-16-5-3-13(4-6-16)21-17(12-29(28-21)19-7-8-20(30)27-26-19)15-9-10-24-18(11-15)25-22(31)14-1-2-14/h3-12,14H,1-2H2,(H,27,30)(H,24,25,31). The van der Waals surface area contributed by atoms with Gasteiger partial charge in [-0.25, -0.2) is 19.2 Å². The smallest absolute Gasteiger partial charge is 0.264 e. The first-order valence-electron chi connectivity index (χ1n) is 9.76. The molecule has 0 saturated heterocycles. The second-order valence-electron chi connectivity index (χ2n) is 7.32. The number of pyridine rings is 1. The average Bonchev–Trinajstić information content (AvgIpc) is 3.54. The molecule has 4 aromatic rings. The number of nitrogens with zero attached hydrogens (tertiary/aromatic N) is 4. The van der Waals surface area contributed by atoms with Gasteiger partial charge in [-0.1, -0.05) is 0 Å². The molecule has 0 atom stereocenters. The van der Waals surface area contributed by atoms with Crippen molar-refractivity contribution in [3.8, 4) is 28.2 Å². The SMILES string of the molecule is O=C(Nc1cc(-c2cn(-c3ccc(=O)[nH]n3)nc2-c2ccc(F)cc2)ccn1)C1CC1. The van der Waals surface area contributed by atoms with E-state index in [0.717, 1.165) is 24.0 Å². The molecule has 5 rings (SSSR count). The minimum Gasteiger partial charge on any atom is -0.310 e. The van der Waals surface area contributed by atoms with Gasteiger partial charge in [0.15, 0.2) is 5.82 Å². The molecule has 0 aliphatic heterocycles. The molecule has 3 heterocycles. The number of benzene rings is 1. The van der Waals surface area contributed by atoms with Crippen LogP contribution in [0, 0.1) is 11.7 Å². The summed E-state index contributed by atoms with van der Waals surface area (Å²) in [7, 11) is 0. The lowest BCUT2D eigenvalue weighted by atomic mass is 10.0. The van der Waals surface area contributed by atoms with Gasteiger partial charge in [0.2, 0.25) is 5.91 Å². The van der Waals surface area contributed by atoms with Gasteiger partial charge in [-0.2, -0.15) is 10.2 Å². The number of nitrogens with one attached hydrogen (secondary N) is 2. The lowest BCUT2D eigenvalue weighted by Gasteiger charge is -2.07. The van der Waals surface area contributed by atoms with E-state index in [4.69, 9.17) is 0 Å². The highest BCUT2D eigenvalue weighted by atomic mass is 19.1. The summed E-state index contributed by atoms with van der Waals surface area (Å²) in [5, 5.41) is 13.9. The highest BCUT2D eigenvalue weighted by Crippen LogP contribution is 2.34. The van der Waals surface area contributed by atoms with Crippen LogP contribution in [0.4, 0.5) is 10.2 Å². The molecule has 1 saturated carbocycles. The number of amides is 1. The number of aromatic nitrogens is 5. The van der Waals surface area contributed by atoms with Crippen molar-refractivity contribution in [2.75, 3.05) is 5.32 Å². The third kappa shape index (κ3) is 3.97. The summed E-state index contributed by atoms with van der Waals surface area (Å²) in [6, 6.07) is 12.5. The fourth-order valence-corrected chi connectivity index (χ4v) is 3.23. The highest BCUT2D eigenvalue weighted by Gasteiger charge is 2.29. The first kappa shape index (κ1) is 18.9. The Bertz CT molecular complexity index is 1300. The second-order valence-corrected chi connectivity index (χ2v) is 7.32. The number of hydrogen-bond donors (Lipinski definition) is 2. The lowest BCUT2D eigenvalue weighted by molar-refractivity contribution is -0.117. The molecule has 0 bridgehead atoms. The van der Waals surface area contributed by atoms with E-state index in [1.54, 1.807) is 42.7 Å². The van der Waals surface area contributed by atoms with E-state index in [-0.39, 0.29) is 23.2 Å². The van der Waals surface area contributed by atoms with Crippen LogP contribution in [0.25, 0.3) is 28.2 Å². The quantitative estimate of drug-likeness (QED) is 0.520. The molecule has 1 aliphatic carbocycles. The summed E-state index contributed by atoms with van der Waals surface area (Å²) in [6.45, 7) is 0. The van der Waals surface area contributed by atoms with Crippen LogP contribution in [0.2, 0.25) is 0 Å². The van der Waals surface area contributed by atoms with Crippen LogP contribution in [0.1, 0.15) is 12.8 Å². The molecule has 3 aromatic heterocycles. The molecule has 0 unspecified atom stereocenters. The van der Waals surface area contributed by atoms with Crippen LogP contribution in [-0.2, 0) is 4.79 Å². The Balaban J connectivity index is 1.59. The maximum atomic E-state index is 13.5. The normalized spacial score (nSPS) is 13.2. The number of aromatic amines is 1. The molecule has 154 valence electrons. The first-order valence-corrected chi connectivity index (χ1v) is 9.76. The summed E-state index contributed by atoms with van der Waals surface area (Å²) in [5.74, 6) is 0.562. The third-order valence-corrected chi connectivity index (χ3v) is 5.00. The summed E-state index contributed by atoms with van der Waals surface area (Å²) >= 11 is 0. The number of H-pyrrole nitrogens is 1. The predicted octanol–water partition coefficient (Wildman–Crippen LogP) is 3.17. The maximum absolute atomic E-state index is 13.5. The van der Waals surface area contributed by atoms with E-state index in [0.29, 0.717) is 22.9 Å². The van der Waals surface area contributed by atoms with E-state index in [2.05, 4.69) is 25.6 Å². The molecule has 0 radical (unpaired) electrons. The second kappa shape index (κ2) is 7.60. The van der Waals surface area contributed by atoms with Crippen molar-refractivity contribution in [3.05, 3.63) is 77.1 Å². The van der Waals surface area contributed by atoms with Crippen molar-refractivity contribution in [1.82, 2.24) is 25.0 Å². The van der Waals surface area contributed by atoms with Crippen molar-refractivity contribution in [3.63, 3.8) is 0 Å². The van der Waals surface area contributed by atoms with Crippen LogP contribution in [0.15, 0.2) is 65.7 Å². The molecule has 1 fully saturated rings. The molecular weight excluding hydrogens is 399 g/mol. The zero-order valence-electron chi connectivity index (χ0n) is 16.2. The van der Waals surface area contributed by atoms with Crippen LogP contribution in [0.3, 0.4) is 0 Å². The third-order valence-electron chi connectivity index (χ3n) is 5.00. The zero-order chi connectivity index (χ0) is 21.4. The van der Waals surface area contributed by atoms with Crippen LogP contribution < -0.4 is 10.9 Å². The Morgan fingerprint density at radius 1 is 1.10 bits per heavy atom. The number of carbonyl (C=O) groups is 1. The number of hydrogen-bond acceptors (Lipinski definition) is 5. The fourth-order valence-electron chi connectivity index (χ4n) is 3.23. The summed E-state index contributed by atoms with van der Waals surface area (Å²) in [4.78, 5) is 27.7. The Morgan fingerprint density at radius 3 is 2.61 bits per heavy atom. The average molecular weight is 416 g/mol. The Kier molecular flexibility index (Phi) is 4.62. The monoisotopic (exact) mass is 416 g/mol. The van der Waals surface area contributed by atoms with Gasteiger partial charge < -0.3 is 5.32 Å². The van der Waals surface area contributed by atoms with Gasteiger partial charge in [-0.05, 0) is 60.9 Å². The summed E-state index contributed by atoms with van der Waals surface area (Å²) in [5.41, 5.74) is 2.50. The molecule has 1 aliphatic rings. The minimum atomic E-state index is -0.346. The van der Waals surface area contributed by atoms with Crippen LogP contribution in [0.5, 0.6) is 0 Å². The van der Waals surface area contributed by atoms with Crippen molar-refractivity contribution in [2.24, 2.45) is 5.92 Å². The van der Waals surface area contributed by atoms with Crippen LogP contribution >= 0.6 is 0 Å². The molecule has 31 heavy (non-hydrogen) atoms. The summed E-state index contributed by atoms with van der Waals surface area (Å²) in [6.07, 6.45) is 5.18. The van der Waals surface area contributed by atoms with Gasteiger partial charge in [-0.3, -0.25) is 9.59 Å². The van der Waals surface area contributed by atoms with Crippen LogP contribution in [-0.4, -0.2) is 30.9 Å². The first-order chi connectivity index (χ1) is 15.1. The molecule has 1 aromatic carbocycles. The van der Waals surface area contributed by atoms with Gasteiger partial charge in [0.1, 0.15) is 17.3 Å². The van der Waals surface area contributed by atoms with E-state index >= 15 is 0 Å². The van der Waals surface area contributed by atoms with Crippen molar-refractivity contribution in [1.29, 1.82) is 0 Å². The topological polar surface area (TPSA) is 106 Å². The van der Waals surface area contributed by atoms with Gasteiger partial charge in [0, 0.05) is 35.5 Å².